The van der Waals surface area contributed by atoms with Gasteiger partial charge in [0.2, 0.25) is 6.41 Å². The van der Waals surface area contributed by atoms with Gasteiger partial charge in [0.15, 0.2) is 0 Å². The van der Waals surface area contributed by atoms with Gasteiger partial charge in [-0.15, -0.1) is 0 Å². The maximum Gasteiger partial charge on any atom is 0.207 e. The molecule has 0 aromatic carbocycles. The molecule has 1 amide bonds. The lowest BCUT2D eigenvalue weighted by Gasteiger charge is -2.61. The van der Waals surface area contributed by atoms with Crippen LogP contribution in [-0.4, -0.2) is 53.4 Å². The smallest absolute Gasteiger partial charge is 0.207 e. The van der Waals surface area contributed by atoms with Gasteiger partial charge in [-0.1, -0.05) is 0 Å². The van der Waals surface area contributed by atoms with Crippen LogP contribution in [0.1, 0.15) is 37.7 Å². The van der Waals surface area contributed by atoms with Crippen LogP contribution in [-0.2, 0) is 11.8 Å². The Hall–Kier alpha value is -4.26. The molecule has 10 heteroatoms. The Balaban J connectivity index is 1.27. The van der Waals surface area contributed by atoms with Crippen LogP contribution in [0.15, 0.2) is 43.2 Å². The van der Waals surface area contributed by atoms with Crippen LogP contribution in [0.5, 0.6) is 0 Å². The minimum Gasteiger partial charge on any atom is -0.353 e. The number of nitriles is 1. The van der Waals surface area contributed by atoms with E-state index >= 15 is 0 Å². The summed E-state index contributed by atoms with van der Waals surface area (Å²) >= 11 is 0. The Morgan fingerprint density at radius 1 is 1.06 bits per heavy atom. The van der Waals surface area contributed by atoms with E-state index in [9.17, 15) is 10.1 Å². The van der Waals surface area contributed by atoms with Crippen molar-refractivity contribution in [2.45, 2.75) is 49.7 Å². The van der Waals surface area contributed by atoms with Crippen molar-refractivity contribution in [1.29, 1.82) is 5.26 Å². The average molecular weight is 480 g/mol. The highest BCUT2D eigenvalue weighted by Crippen LogP contribution is 2.52. The van der Waals surface area contributed by atoms with E-state index in [-0.39, 0.29) is 5.54 Å². The average Bonchev–Trinajstić information content (AvgIpc) is 3.49. The fraction of sp³-hybridized carbons (Fsp3) is 0.385. The molecule has 2 saturated carbocycles. The Morgan fingerprint density at radius 2 is 1.89 bits per heavy atom. The highest BCUT2D eigenvalue weighted by molar-refractivity contribution is 5.86. The summed E-state index contributed by atoms with van der Waals surface area (Å²) < 4.78 is 3.48. The number of carbonyl (C=O) groups excluding carboxylic acids is 1. The van der Waals surface area contributed by atoms with Crippen molar-refractivity contribution >= 4 is 17.7 Å². The van der Waals surface area contributed by atoms with Crippen LogP contribution in [0.3, 0.4) is 0 Å². The van der Waals surface area contributed by atoms with Gasteiger partial charge in [-0.3, -0.25) is 14.5 Å². The molecule has 180 valence electrons. The van der Waals surface area contributed by atoms with E-state index in [1.54, 1.807) is 27.8 Å². The number of anilines is 1. The third-order valence-electron chi connectivity index (χ3n) is 8.24. The molecular formula is C26H25N9O. The molecule has 0 radical (unpaired) electrons. The largest absolute Gasteiger partial charge is 0.353 e. The summed E-state index contributed by atoms with van der Waals surface area (Å²) in [7, 11) is 1.88. The van der Waals surface area contributed by atoms with E-state index in [1.165, 1.54) is 0 Å². The Labute approximate surface area is 207 Å². The zero-order valence-electron chi connectivity index (χ0n) is 19.9. The normalized spacial score (nSPS) is 26.3. The third kappa shape index (κ3) is 3.12. The second-order valence-corrected chi connectivity index (χ2v) is 10.5. The van der Waals surface area contributed by atoms with Crippen LogP contribution in [0.2, 0.25) is 0 Å². The minimum atomic E-state index is -0.0594. The summed E-state index contributed by atoms with van der Waals surface area (Å²) in [5, 5.41) is 21.5. The minimum absolute atomic E-state index is 0.0594. The van der Waals surface area contributed by atoms with Gasteiger partial charge in [-0.2, -0.15) is 15.5 Å². The highest BCUT2D eigenvalue weighted by atomic mass is 16.1. The van der Waals surface area contributed by atoms with Crippen molar-refractivity contribution in [3.8, 4) is 28.5 Å². The molecule has 4 atom stereocenters. The number of carbonyl (C=O) groups is 1. The number of rotatable bonds is 5. The first-order valence-corrected chi connectivity index (χ1v) is 12.3. The topological polar surface area (TPSA) is 117 Å². The quantitative estimate of drug-likeness (QED) is 0.437. The zero-order valence-corrected chi connectivity index (χ0v) is 19.9. The van der Waals surface area contributed by atoms with Gasteiger partial charge in [0.1, 0.15) is 11.9 Å². The number of fused-ring (bicyclic) bond motifs is 1. The standard InChI is InChI=1S/C26H25N9O/c1-33-13-19(10-31-33)17-4-22(25-18(8-27)9-32-34(25)14-17)23-11-29-24(12-28-23)35-20-2-16-3-21(35)7-26(5-16,6-20)30-15-36/h4,9-16,20-21H,2-3,5-7H2,1H3,(H,30,36)/t16?,20-,21+,26?. The first-order valence-electron chi connectivity index (χ1n) is 12.3. The number of hydrogen-bond acceptors (Lipinski definition) is 7. The van der Waals surface area contributed by atoms with Crippen molar-refractivity contribution in [2.24, 2.45) is 13.0 Å². The van der Waals surface area contributed by atoms with Crippen molar-refractivity contribution in [2.75, 3.05) is 4.90 Å². The molecule has 2 aliphatic carbocycles. The van der Waals surface area contributed by atoms with Crippen molar-refractivity contribution in [3.63, 3.8) is 0 Å². The summed E-state index contributed by atoms with van der Waals surface area (Å²) in [6.45, 7) is 0. The molecule has 4 aromatic rings. The lowest BCUT2D eigenvalue weighted by molar-refractivity contribution is -0.113. The fourth-order valence-corrected chi connectivity index (χ4v) is 7.02. The molecule has 4 aliphatic rings. The molecule has 0 spiro atoms. The summed E-state index contributed by atoms with van der Waals surface area (Å²) in [6, 6.07) is 5.00. The maximum absolute atomic E-state index is 11.3. The summed E-state index contributed by atoms with van der Waals surface area (Å²) in [5.41, 5.74) is 4.53. The van der Waals surface area contributed by atoms with Crippen molar-refractivity contribution < 1.29 is 4.79 Å². The molecule has 2 saturated heterocycles. The fourth-order valence-electron chi connectivity index (χ4n) is 7.02. The molecule has 4 fully saturated rings. The van der Waals surface area contributed by atoms with Crippen LogP contribution in [0.25, 0.3) is 27.9 Å². The molecule has 2 unspecified atom stereocenters. The first-order chi connectivity index (χ1) is 17.6. The van der Waals surface area contributed by atoms with Gasteiger partial charge < -0.3 is 10.2 Å². The van der Waals surface area contributed by atoms with Gasteiger partial charge in [-0.25, -0.2) is 9.50 Å². The summed E-state index contributed by atoms with van der Waals surface area (Å²) in [4.78, 5) is 23.4. The summed E-state index contributed by atoms with van der Waals surface area (Å²) in [5.74, 6) is 1.54. The predicted molar refractivity (Wildman–Crippen MR) is 132 cm³/mol. The number of aryl methyl sites for hydroxylation is 1. The van der Waals surface area contributed by atoms with Gasteiger partial charge in [0.25, 0.3) is 0 Å². The van der Waals surface area contributed by atoms with Gasteiger partial charge in [0.05, 0.1) is 41.6 Å². The Kier molecular flexibility index (Phi) is 4.46. The van der Waals surface area contributed by atoms with E-state index in [1.807, 2.05) is 31.7 Å². The van der Waals surface area contributed by atoms with Crippen molar-refractivity contribution in [3.05, 3.63) is 48.8 Å². The lowest BCUT2D eigenvalue weighted by Crippen LogP contribution is -2.68. The molecule has 1 N–H and O–H groups in total. The summed E-state index contributed by atoms with van der Waals surface area (Å²) in [6.07, 6.45) is 17.0. The molecule has 8 rings (SSSR count). The van der Waals surface area contributed by atoms with E-state index in [0.29, 0.717) is 34.8 Å². The molecule has 2 aliphatic heterocycles. The van der Waals surface area contributed by atoms with E-state index < -0.39 is 0 Å². The third-order valence-corrected chi connectivity index (χ3v) is 8.24. The second-order valence-electron chi connectivity index (χ2n) is 10.5. The van der Waals surface area contributed by atoms with Crippen LogP contribution < -0.4 is 10.2 Å². The van der Waals surface area contributed by atoms with Crippen LogP contribution >= 0.6 is 0 Å². The number of amides is 1. The SMILES string of the molecule is Cn1cc(-c2cc(-c3cnc(N4[C@@H]5CC6C[C@H]4CC(NC=O)(C6)C5)cn3)c3c(C#N)cnn3c2)cn1. The molecule has 6 heterocycles. The number of piperidine rings is 2. The number of pyridine rings is 1. The van der Waals surface area contributed by atoms with Gasteiger partial charge >= 0.3 is 0 Å². The number of nitrogens with zero attached hydrogens (tertiary/aromatic N) is 8. The lowest BCUT2D eigenvalue weighted by atomic mass is 9.59. The number of nitrogens with one attached hydrogen (secondary N) is 1. The van der Waals surface area contributed by atoms with E-state index in [2.05, 4.69) is 26.5 Å². The highest BCUT2D eigenvalue weighted by Gasteiger charge is 2.54. The van der Waals surface area contributed by atoms with Gasteiger partial charge in [0, 0.05) is 53.8 Å². The van der Waals surface area contributed by atoms with E-state index in [4.69, 9.17) is 9.97 Å². The zero-order chi connectivity index (χ0) is 24.4. The Bertz CT molecular complexity index is 1510. The first kappa shape index (κ1) is 21.1. The molecular weight excluding hydrogens is 454 g/mol. The maximum atomic E-state index is 11.3. The molecule has 4 aromatic heterocycles. The van der Waals surface area contributed by atoms with E-state index in [0.717, 1.165) is 61.0 Å². The second kappa shape index (κ2) is 7.62. The number of aromatic nitrogens is 6. The monoisotopic (exact) mass is 479 g/mol. The Morgan fingerprint density at radius 3 is 2.56 bits per heavy atom. The molecule has 10 nitrogen and oxygen atoms in total. The van der Waals surface area contributed by atoms with Crippen LogP contribution in [0, 0.1) is 17.2 Å². The number of hydrogen-bond donors (Lipinski definition) is 1. The van der Waals surface area contributed by atoms with Crippen LogP contribution in [0.4, 0.5) is 5.82 Å². The predicted octanol–water partition coefficient (Wildman–Crippen LogP) is 2.70. The molecule has 4 bridgehead atoms. The van der Waals surface area contributed by atoms with Gasteiger partial charge in [-0.05, 0) is 44.1 Å². The molecule has 36 heavy (non-hydrogen) atoms. The van der Waals surface area contributed by atoms with Crippen molar-refractivity contribution in [1.82, 2.24) is 34.7 Å².